The first kappa shape index (κ1) is 18.8. The molecule has 0 spiro atoms. The minimum Gasteiger partial charge on any atom is -0.207 e. The van der Waals surface area contributed by atoms with Gasteiger partial charge in [0.25, 0.3) is 0 Å². The van der Waals surface area contributed by atoms with Gasteiger partial charge in [0, 0.05) is 12.5 Å². The van der Waals surface area contributed by atoms with Gasteiger partial charge in [-0.2, -0.15) is 30.6 Å². The van der Waals surface area contributed by atoms with Crippen LogP contribution in [0.5, 0.6) is 0 Å². The topological polar surface area (TPSA) is 37.4 Å². The summed E-state index contributed by atoms with van der Waals surface area (Å²) in [4.78, 5) is -0.634. The lowest BCUT2D eigenvalue weighted by molar-refractivity contribution is -0.338. The minimum absolute atomic E-state index is 0.500. The number of benzene rings is 1. The highest BCUT2D eigenvalue weighted by molar-refractivity contribution is 7.89. The van der Waals surface area contributed by atoms with E-state index in [1.54, 1.807) is 0 Å². The molecular formula is C14H13F6NO2S. The molecule has 1 heterocycles. The first-order chi connectivity index (χ1) is 10.9. The van der Waals surface area contributed by atoms with E-state index >= 15 is 0 Å². The van der Waals surface area contributed by atoms with Crippen LogP contribution in [0.25, 0.3) is 0 Å². The van der Waals surface area contributed by atoms with Crippen molar-refractivity contribution in [1.29, 1.82) is 0 Å². The molecule has 24 heavy (non-hydrogen) atoms. The lowest BCUT2D eigenvalue weighted by Gasteiger charge is -2.48. The number of halogens is 6. The molecule has 1 unspecified atom stereocenters. The Balaban J connectivity index is 2.78. The van der Waals surface area contributed by atoms with E-state index in [0.29, 0.717) is 6.92 Å². The third-order valence-corrected chi connectivity index (χ3v) is 5.83. The summed E-state index contributed by atoms with van der Waals surface area (Å²) in [6, 6.07) is 5.75. The molecule has 0 bridgehead atoms. The Kier molecular flexibility index (Phi) is 4.51. The van der Waals surface area contributed by atoms with Crippen molar-refractivity contribution in [1.82, 2.24) is 4.31 Å². The summed E-state index contributed by atoms with van der Waals surface area (Å²) < 4.78 is 106. The van der Waals surface area contributed by atoms with E-state index in [1.165, 1.54) is 18.2 Å². The highest BCUT2D eigenvalue weighted by Crippen LogP contribution is 2.54. The molecule has 1 aliphatic heterocycles. The Hall–Kier alpha value is -1.55. The largest absolute Gasteiger partial charge is 0.417 e. The number of hydrogen-bond acceptors (Lipinski definition) is 2. The molecule has 0 aromatic heterocycles. The third-order valence-electron chi connectivity index (χ3n) is 3.94. The van der Waals surface area contributed by atoms with Gasteiger partial charge in [0.1, 0.15) is 0 Å². The Labute approximate surface area is 134 Å². The van der Waals surface area contributed by atoms with Gasteiger partial charge in [-0.3, -0.25) is 0 Å². The van der Waals surface area contributed by atoms with E-state index < -0.39 is 49.6 Å². The zero-order valence-electron chi connectivity index (χ0n) is 12.3. The summed E-state index contributed by atoms with van der Waals surface area (Å²) in [5, 5.41) is 0. The maximum absolute atomic E-state index is 13.6. The molecule has 134 valence electrons. The minimum atomic E-state index is -5.85. The van der Waals surface area contributed by atoms with Gasteiger partial charge in [0.15, 0.2) is 0 Å². The Morgan fingerprint density at radius 2 is 1.54 bits per heavy atom. The summed E-state index contributed by atoms with van der Waals surface area (Å²) in [6.07, 6.45) is -9.98. The molecule has 0 aliphatic carbocycles. The number of sulfonamides is 1. The van der Waals surface area contributed by atoms with Crippen LogP contribution >= 0.6 is 0 Å². The van der Waals surface area contributed by atoms with Crippen LogP contribution in [0.15, 0.2) is 47.4 Å². The number of hydrogen-bond donors (Lipinski definition) is 0. The Morgan fingerprint density at radius 3 is 2.00 bits per heavy atom. The van der Waals surface area contributed by atoms with E-state index in [-0.39, 0.29) is 0 Å². The molecule has 1 aliphatic rings. The van der Waals surface area contributed by atoms with E-state index in [0.717, 1.165) is 24.3 Å². The quantitative estimate of drug-likeness (QED) is 0.585. The maximum atomic E-state index is 13.6. The molecule has 1 aromatic rings. The smallest absolute Gasteiger partial charge is 0.207 e. The third kappa shape index (κ3) is 2.61. The molecule has 1 atom stereocenters. The van der Waals surface area contributed by atoms with E-state index in [4.69, 9.17) is 0 Å². The molecule has 0 fully saturated rings. The van der Waals surface area contributed by atoms with Crippen LogP contribution in [-0.4, -0.2) is 37.2 Å². The van der Waals surface area contributed by atoms with Gasteiger partial charge < -0.3 is 0 Å². The van der Waals surface area contributed by atoms with Gasteiger partial charge in [-0.05, 0) is 12.1 Å². The summed E-state index contributed by atoms with van der Waals surface area (Å²) in [5.74, 6) is -2.13. The van der Waals surface area contributed by atoms with Crippen molar-refractivity contribution in [2.75, 3.05) is 6.54 Å². The fourth-order valence-corrected chi connectivity index (χ4v) is 4.63. The van der Waals surface area contributed by atoms with Crippen LogP contribution in [0.1, 0.15) is 6.92 Å². The molecule has 0 N–H and O–H groups in total. The van der Waals surface area contributed by atoms with Crippen molar-refractivity contribution < 1.29 is 34.8 Å². The maximum Gasteiger partial charge on any atom is 0.417 e. The lowest BCUT2D eigenvalue weighted by atomic mass is 9.81. The van der Waals surface area contributed by atoms with Crippen molar-refractivity contribution in [3.05, 3.63) is 42.5 Å². The lowest BCUT2D eigenvalue weighted by Crippen LogP contribution is -2.72. The van der Waals surface area contributed by atoms with Gasteiger partial charge >= 0.3 is 12.4 Å². The summed E-state index contributed by atoms with van der Waals surface area (Å²) >= 11 is 0. The van der Waals surface area contributed by atoms with Crippen LogP contribution in [0.2, 0.25) is 0 Å². The highest BCUT2D eigenvalue weighted by atomic mass is 32.2. The van der Waals surface area contributed by atoms with Gasteiger partial charge in [-0.1, -0.05) is 37.3 Å². The van der Waals surface area contributed by atoms with Crippen molar-refractivity contribution >= 4 is 10.0 Å². The fourth-order valence-electron chi connectivity index (χ4n) is 2.84. The van der Waals surface area contributed by atoms with E-state index in [1.807, 2.05) is 0 Å². The van der Waals surface area contributed by atoms with Gasteiger partial charge in [0.2, 0.25) is 15.6 Å². The van der Waals surface area contributed by atoms with Crippen LogP contribution in [-0.2, 0) is 10.0 Å². The number of rotatable bonds is 2. The Bertz CT molecular complexity index is 710. The fraction of sp³-hybridized carbons (Fsp3) is 0.429. The average molecular weight is 373 g/mol. The molecule has 0 saturated heterocycles. The standard InChI is InChI=1S/C14H13F6NO2S/c1-10-6-5-9-21(12(10,13(15,16)17)14(18,19)20)24(22,23)11-7-3-2-4-8-11/h2-8,10H,9H2,1H3. The van der Waals surface area contributed by atoms with Crippen LogP contribution in [0, 0.1) is 5.92 Å². The summed E-state index contributed by atoms with van der Waals surface area (Å²) in [7, 11) is -5.03. The highest BCUT2D eigenvalue weighted by Gasteiger charge is 2.78. The molecule has 0 amide bonds. The Morgan fingerprint density at radius 1 is 1.04 bits per heavy atom. The summed E-state index contributed by atoms with van der Waals surface area (Å²) in [6.45, 7) is -0.329. The zero-order chi connectivity index (χ0) is 18.4. The predicted octanol–water partition coefficient (Wildman–Crippen LogP) is 3.75. The molecule has 10 heteroatoms. The second-order valence-electron chi connectivity index (χ2n) is 5.33. The normalized spacial score (nSPS) is 22.5. The van der Waals surface area contributed by atoms with E-state index in [2.05, 4.69) is 0 Å². The number of alkyl halides is 6. The molecule has 0 radical (unpaired) electrons. The molecule has 0 saturated carbocycles. The van der Waals surface area contributed by atoms with Crippen molar-refractivity contribution in [3.8, 4) is 0 Å². The SMILES string of the molecule is CC1C=CCN(S(=O)(=O)c2ccccc2)C1(C(F)(F)F)C(F)(F)F. The van der Waals surface area contributed by atoms with E-state index in [9.17, 15) is 34.8 Å². The first-order valence-electron chi connectivity index (χ1n) is 6.75. The zero-order valence-corrected chi connectivity index (χ0v) is 13.1. The second kappa shape index (κ2) is 5.76. The van der Waals surface area contributed by atoms with Crippen molar-refractivity contribution in [3.63, 3.8) is 0 Å². The van der Waals surface area contributed by atoms with Crippen LogP contribution in [0.3, 0.4) is 0 Å². The van der Waals surface area contributed by atoms with Crippen molar-refractivity contribution in [2.24, 2.45) is 5.92 Å². The van der Waals surface area contributed by atoms with Gasteiger partial charge in [0.05, 0.1) is 4.90 Å². The van der Waals surface area contributed by atoms with Gasteiger partial charge in [-0.25, -0.2) is 8.42 Å². The average Bonchev–Trinajstić information content (AvgIpc) is 2.45. The summed E-state index contributed by atoms with van der Waals surface area (Å²) in [5.41, 5.74) is -4.52. The molecular weight excluding hydrogens is 360 g/mol. The molecule has 1 aromatic carbocycles. The van der Waals surface area contributed by atoms with Crippen LogP contribution in [0.4, 0.5) is 26.3 Å². The first-order valence-corrected chi connectivity index (χ1v) is 8.19. The van der Waals surface area contributed by atoms with Gasteiger partial charge in [-0.15, -0.1) is 0 Å². The van der Waals surface area contributed by atoms with Crippen molar-refractivity contribution in [2.45, 2.75) is 29.7 Å². The van der Waals surface area contributed by atoms with Crippen LogP contribution < -0.4 is 0 Å². The monoisotopic (exact) mass is 373 g/mol. The predicted molar refractivity (Wildman–Crippen MR) is 73.5 cm³/mol. The molecule has 3 nitrogen and oxygen atoms in total. The molecule has 2 rings (SSSR count). The number of nitrogens with zero attached hydrogens (tertiary/aromatic N) is 1. The second-order valence-corrected chi connectivity index (χ2v) is 7.19.